The number of hydrogen-bond acceptors (Lipinski definition) is 0. The Kier molecular flexibility index (Phi) is 3.71. The summed E-state index contributed by atoms with van der Waals surface area (Å²) in [7, 11) is 0. The molecule has 1 aliphatic rings. The predicted molar refractivity (Wildman–Crippen MR) is 75.2 cm³/mol. The number of benzene rings is 1. The van der Waals surface area contributed by atoms with Gasteiger partial charge in [-0.05, 0) is 47.8 Å². The second-order valence-corrected chi connectivity index (χ2v) is 5.72. The summed E-state index contributed by atoms with van der Waals surface area (Å²) in [6.45, 7) is 10.6. The maximum Gasteiger partial charge on any atom is 0.0230 e. The fourth-order valence-corrected chi connectivity index (χ4v) is 2.31. The van der Waals surface area contributed by atoms with Crippen LogP contribution in [0, 0.1) is 11.8 Å². The van der Waals surface area contributed by atoms with Crippen molar-refractivity contribution in [2.24, 2.45) is 5.92 Å². The van der Waals surface area contributed by atoms with Crippen LogP contribution in [-0.4, -0.2) is 0 Å². The van der Waals surface area contributed by atoms with E-state index in [0.29, 0.717) is 0 Å². The SMILES string of the molecule is C=C[C](C)c1cc(CC(C)C)cc(C2CC2)c1. The lowest BCUT2D eigenvalue weighted by Crippen LogP contribution is -1.99. The average molecular weight is 227 g/mol. The first-order chi connectivity index (χ1) is 8.10. The molecule has 17 heavy (non-hydrogen) atoms. The van der Waals surface area contributed by atoms with E-state index in [2.05, 4.69) is 45.5 Å². The molecule has 0 saturated heterocycles. The third-order valence-corrected chi connectivity index (χ3v) is 3.47. The second kappa shape index (κ2) is 5.08. The lowest BCUT2D eigenvalue weighted by atomic mass is 9.92. The first-order valence-corrected chi connectivity index (χ1v) is 6.70. The van der Waals surface area contributed by atoms with E-state index in [0.717, 1.165) is 11.8 Å². The van der Waals surface area contributed by atoms with Crippen LogP contribution in [0.5, 0.6) is 0 Å². The van der Waals surface area contributed by atoms with Crippen LogP contribution in [0.3, 0.4) is 0 Å². The van der Waals surface area contributed by atoms with Crippen molar-refractivity contribution in [3.63, 3.8) is 0 Å². The smallest absolute Gasteiger partial charge is 0.0230 e. The van der Waals surface area contributed by atoms with Gasteiger partial charge in [-0.25, -0.2) is 0 Å². The van der Waals surface area contributed by atoms with Crippen molar-refractivity contribution in [3.8, 4) is 0 Å². The van der Waals surface area contributed by atoms with Crippen LogP contribution in [0.25, 0.3) is 0 Å². The van der Waals surface area contributed by atoms with Gasteiger partial charge in [0.15, 0.2) is 0 Å². The lowest BCUT2D eigenvalue weighted by molar-refractivity contribution is 0.646. The zero-order valence-electron chi connectivity index (χ0n) is 11.3. The molecule has 0 heterocycles. The molecule has 0 bridgehead atoms. The Hall–Kier alpha value is -1.04. The van der Waals surface area contributed by atoms with E-state index in [1.54, 1.807) is 5.56 Å². The molecule has 1 radical (unpaired) electrons. The van der Waals surface area contributed by atoms with Crippen molar-refractivity contribution in [1.29, 1.82) is 0 Å². The normalized spacial score (nSPS) is 15.6. The molecule has 91 valence electrons. The number of allylic oxidation sites excluding steroid dienone is 1. The highest BCUT2D eigenvalue weighted by atomic mass is 14.3. The summed E-state index contributed by atoms with van der Waals surface area (Å²) < 4.78 is 0. The van der Waals surface area contributed by atoms with E-state index >= 15 is 0 Å². The summed E-state index contributed by atoms with van der Waals surface area (Å²) in [5.41, 5.74) is 4.39. The van der Waals surface area contributed by atoms with Gasteiger partial charge in [-0.2, -0.15) is 0 Å². The molecule has 1 fully saturated rings. The van der Waals surface area contributed by atoms with Crippen molar-refractivity contribution in [2.45, 2.75) is 46.0 Å². The zero-order chi connectivity index (χ0) is 12.4. The van der Waals surface area contributed by atoms with Crippen molar-refractivity contribution >= 4 is 0 Å². The standard InChI is InChI=1S/C17H23/c1-5-13(4)16-9-14(8-12(2)3)10-17(11-16)15-6-7-15/h5,9-12,15H,1,6-8H2,2-4H3. The summed E-state index contributed by atoms with van der Waals surface area (Å²) in [6, 6.07) is 7.11. The molecular weight excluding hydrogens is 204 g/mol. The highest BCUT2D eigenvalue weighted by Crippen LogP contribution is 2.41. The van der Waals surface area contributed by atoms with Crippen LogP contribution in [0.15, 0.2) is 30.9 Å². The zero-order valence-corrected chi connectivity index (χ0v) is 11.3. The minimum Gasteiger partial charge on any atom is -0.102 e. The molecule has 0 spiro atoms. The minimum absolute atomic E-state index is 0.723. The van der Waals surface area contributed by atoms with Crippen LogP contribution in [0.1, 0.15) is 56.2 Å². The van der Waals surface area contributed by atoms with Gasteiger partial charge in [-0.1, -0.05) is 45.0 Å². The Morgan fingerprint density at radius 1 is 1.35 bits per heavy atom. The maximum atomic E-state index is 3.88. The number of rotatable bonds is 5. The van der Waals surface area contributed by atoms with Gasteiger partial charge in [-0.15, -0.1) is 6.58 Å². The van der Waals surface area contributed by atoms with Crippen LogP contribution >= 0.6 is 0 Å². The van der Waals surface area contributed by atoms with E-state index in [-0.39, 0.29) is 0 Å². The fraction of sp³-hybridized carbons (Fsp3) is 0.471. The second-order valence-electron chi connectivity index (χ2n) is 5.72. The van der Waals surface area contributed by atoms with E-state index in [9.17, 15) is 0 Å². The highest BCUT2D eigenvalue weighted by Gasteiger charge is 2.24. The molecule has 1 aromatic carbocycles. The molecule has 0 heteroatoms. The molecule has 0 aromatic heterocycles. The Labute approximate surface area is 106 Å². The highest BCUT2D eigenvalue weighted by molar-refractivity contribution is 5.43. The van der Waals surface area contributed by atoms with E-state index in [4.69, 9.17) is 0 Å². The van der Waals surface area contributed by atoms with E-state index in [1.165, 1.54) is 36.3 Å². The average Bonchev–Trinajstić information content (AvgIpc) is 3.10. The molecule has 0 nitrogen and oxygen atoms in total. The van der Waals surface area contributed by atoms with Gasteiger partial charge in [0, 0.05) is 5.92 Å². The largest absolute Gasteiger partial charge is 0.102 e. The summed E-state index contributed by atoms with van der Waals surface area (Å²) in [5.74, 6) is 2.84. The molecular formula is C17H23. The van der Waals surface area contributed by atoms with Crippen molar-refractivity contribution < 1.29 is 0 Å². The molecule has 1 saturated carbocycles. The molecule has 1 aliphatic carbocycles. The Balaban J connectivity index is 2.31. The monoisotopic (exact) mass is 227 g/mol. The summed E-state index contributed by atoms with van der Waals surface area (Å²) in [5, 5.41) is 0. The van der Waals surface area contributed by atoms with Gasteiger partial charge < -0.3 is 0 Å². The van der Waals surface area contributed by atoms with Crippen LogP contribution in [0.4, 0.5) is 0 Å². The molecule has 0 unspecified atom stereocenters. The molecule has 0 N–H and O–H groups in total. The quantitative estimate of drug-likeness (QED) is 0.671. The first kappa shape index (κ1) is 12.4. The minimum atomic E-state index is 0.723. The van der Waals surface area contributed by atoms with Crippen LogP contribution in [0.2, 0.25) is 0 Å². The van der Waals surface area contributed by atoms with Crippen molar-refractivity contribution in [3.05, 3.63) is 53.5 Å². The summed E-state index contributed by atoms with van der Waals surface area (Å²) >= 11 is 0. The van der Waals surface area contributed by atoms with Crippen molar-refractivity contribution in [1.82, 2.24) is 0 Å². The molecule has 2 rings (SSSR count). The third kappa shape index (κ3) is 3.21. The Morgan fingerprint density at radius 3 is 2.59 bits per heavy atom. The topological polar surface area (TPSA) is 0 Å². The maximum absolute atomic E-state index is 3.88. The van der Waals surface area contributed by atoms with Gasteiger partial charge in [0.1, 0.15) is 0 Å². The van der Waals surface area contributed by atoms with Gasteiger partial charge in [0.2, 0.25) is 0 Å². The van der Waals surface area contributed by atoms with E-state index in [1.807, 2.05) is 6.08 Å². The molecule has 0 atom stereocenters. The Morgan fingerprint density at radius 2 is 2.06 bits per heavy atom. The number of hydrogen-bond donors (Lipinski definition) is 0. The summed E-state index contributed by atoms with van der Waals surface area (Å²) in [6.07, 6.45) is 5.89. The van der Waals surface area contributed by atoms with E-state index < -0.39 is 0 Å². The van der Waals surface area contributed by atoms with Crippen molar-refractivity contribution in [2.75, 3.05) is 0 Å². The third-order valence-electron chi connectivity index (χ3n) is 3.47. The van der Waals surface area contributed by atoms with Gasteiger partial charge >= 0.3 is 0 Å². The van der Waals surface area contributed by atoms with Crippen LogP contribution in [-0.2, 0) is 6.42 Å². The molecule has 0 amide bonds. The summed E-state index contributed by atoms with van der Waals surface area (Å²) in [4.78, 5) is 0. The fourth-order valence-electron chi connectivity index (χ4n) is 2.31. The van der Waals surface area contributed by atoms with Gasteiger partial charge in [0.05, 0.1) is 0 Å². The van der Waals surface area contributed by atoms with Gasteiger partial charge in [-0.3, -0.25) is 0 Å². The first-order valence-electron chi connectivity index (χ1n) is 6.70. The Bertz CT molecular complexity index is 396. The molecule has 1 aromatic rings. The van der Waals surface area contributed by atoms with Gasteiger partial charge in [0.25, 0.3) is 0 Å². The van der Waals surface area contributed by atoms with Crippen LogP contribution < -0.4 is 0 Å². The predicted octanol–water partition coefficient (Wildman–Crippen LogP) is 4.89. The molecule has 0 aliphatic heterocycles. The lowest BCUT2D eigenvalue weighted by Gasteiger charge is -2.13.